The molecule has 0 aliphatic heterocycles. The van der Waals surface area contributed by atoms with Crippen LogP contribution in [-0.4, -0.2) is 13.5 Å². The lowest BCUT2D eigenvalue weighted by Crippen LogP contribution is -2.14. The van der Waals surface area contributed by atoms with Crippen LogP contribution in [-0.2, 0) is 10.0 Å². The van der Waals surface area contributed by atoms with Crippen LogP contribution in [0.5, 0.6) is 5.75 Å². The third kappa shape index (κ3) is 3.07. The molecule has 0 radical (unpaired) electrons. The fourth-order valence-corrected chi connectivity index (χ4v) is 3.52. The molecule has 2 aromatic rings. The summed E-state index contributed by atoms with van der Waals surface area (Å²) in [6.45, 7) is 1.54. The normalized spacial score (nSPS) is 11.4. The van der Waals surface area contributed by atoms with Crippen molar-refractivity contribution >= 4 is 38.9 Å². The molecule has 0 aliphatic carbocycles. The van der Waals surface area contributed by atoms with Crippen molar-refractivity contribution < 1.29 is 17.9 Å². The van der Waals surface area contributed by atoms with Crippen molar-refractivity contribution in [2.75, 3.05) is 4.72 Å². The summed E-state index contributed by atoms with van der Waals surface area (Å²) in [5.74, 6) is -1.07. The minimum atomic E-state index is -4.11. The first kappa shape index (κ1) is 15.9. The lowest BCUT2D eigenvalue weighted by Gasteiger charge is -2.13. The molecule has 0 bridgehead atoms. The summed E-state index contributed by atoms with van der Waals surface area (Å²) in [4.78, 5) is -0.436. The van der Waals surface area contributed by atoms with Gasteiger partial charge in [0.05, 0.1) is 15.7 Å². The van der Waals surface area contributed by atoms with Crippen molar-refractivity contribution in [2.24, 2.45) is 0 Å². The van der Waals surface area contributed by atoms with E-state index in [0.29, 0.717) is 5.56 Å². The first-order valence-electron chi connectivity index (χ1n) is 5.69. The molecule has 4 nitrogen and oxygen atoms in total. The molecule has 0 heterocycles. The van der Waals surface area contributed by atoms with E-state index in [0.717, 1.165) is 12.1 Å². The Labute approximate surface area is 131 Å². The van der Waals surface area contributed by atoms with E-state index in [4.69, 9.17) is 23.2 Å². The third-order valence-electron chi connectivity index (χ3n) is 2.84. The molecule has 21 heavy (non-hydrogen) atoms. The standard InChI is InChI=1S/C13H10Cl2FNO3S/c1-7-9(3-2-4-10(7)18)17-21(19,20)11-6-5-8(14)13(16)12(11)15/h2-6,17-18H,1H3. The highest BCUT2D eigenvalue weighted by Gasteiger charge is 2.22. The molecule has 0 amide bonds. The summed E-state index contributed by atoms with van der Waals surface area (Å²) in [6.07, 6.45) is 0. The molecular weight excluding hydrogens is 340 g/mol. The van der Waals surface area contributed by atoms with E-state index < -0.39 is 25.8 Å². The average molecular weight is 350 g/mol. The van der Waals surface area contributed by atoms with Gasteiger partial charge in [-0.15, -0.1) is 0 Å². The van der Waals surface area contributed by atoms with E-state index in [1.807, 2.05) is 0 Å². The van der Waals surface area contributed by atoms with Crippen molar-refractivity contribution in [3.8, 4) is 5.75 Å². The molecule has 0 fully saturated rings. The average Bonchev–Trinajstić information content (AvgIpc) is 2.41. The van der Waals surface area contributed by atoms with E-state index in [2.05, 4.69) is 4.72 Å². The van der Waals surface area contributed by atoms with E-state index in [9.17, 15) is 17.9 Å². The van der Waals surface area contributed by atoms with Gasteiger partial charge in [0.15, 0.2) is 5.82 Å². The molecule has 112 valence electrons. The zero-order valence-electron chi connectivity index (χ0n) is 10.7. The Morgan fingerprint density at radius 2 is 1.86 bits per heavy atom. The Hall–Kier alpha value is -1.50. The minimum Gasteiger partial charge on any atom is -0.508 e. The second-order valence-corrected chi connectivity index (χ2v) is 6.66. The zero-order valence-corrected chi connectivity index (χ0v) is 13.0. The van der Waals surface area contributed by atoms with Crippen molar-refractivity contribution in [3.05, 3.63) is 51.8 Å². The molecule has 0 atom stereocenters. The van der Waals surface area contributed by atoms with Gasteiger partial charge in [0.25, 0.3) is 10.0 Å². The molecular formula is C13H10Cl2FNO3S. The summed E-state index contributed by atoms with van der Waals surface area (Å²) >= 11 is 11.2. The maximum absolute atomic E-state index is 13.6. The van der Waals surface area contributed by atoms with Gasteiger partial charge in [-0.3, -0.25) is 4.72 Å². The van der Waals surface area contributed by atoms with Gasteiger partial charge in [-0.05, 0) is 31.2 Å². The van der Waals surface area contributed by atoms with Crippen molar-refractivity contribution in [3.63, 3.8) is 0 Å². The lowest BCUT2D eigenvalue weighted by molar-refractivity contribution is 0.471. The molecule has 2 aromatic carbocycles. The molecule has 0 aromatic heterocycles. The van der Waals surface area contributed by atoms with Crippen LogP contribution in [0.25, 0.3) is 0 Å². The number of rotatable bonds is 3. The largest absolute Gasteiger partial charge is 0.508 e. The van der Waals surface area contributed by atoms with Gasteiger partial charge < -0.3 is 5.11 Å². The number of aromatic hydroxyl groups is 1. The van der Waals surface area contributed by atoms with E-state index >= 15 is 0 Å². The van der Waals surface area contributed by atoms with Crippen LogP contribution in [0, 0.1) is 12.7 Å². The van der Waals surface area contributed by atoms with Crippen LogP contribution < -0.4 is 4.72 Å². The quantitative estimate of drug-likeness (QED) is 0.824. The smallest absolute Gasteiger partial charge is 0.263 e. The number of sulfonamides is 1. The summed E-state index contributed by atoms with van der Waals surface area (Å²) in [7, 11) is -4.11. The Morgan fingerprint density at radius 3 is 2.52 bits per heavy atom. The predicted molar refractivity (Wildman–Crippen MR) is 80.1 cm³/mol. The summed E-state index contributed by atoms with van der Waals surface area (Å²) in [5, 5.41) is 8.70. The topological polar surface area (TPSA) is 66.4 Å². The summed E-state index contributed by atoms with van der Waals surface area (Å²) < 4.78 is 40.4. The van der Waals surface area contributed by atoms with Gasteiger partial charge in [0.1, 0.15) is 10.6 Å². The van der Waals surface area contributed by atoms with Crippen molar-refractivity contribution in [1.29, 1.82) is 0 Å². The van der Waals surface area contributed by atoms with Gasteiger partial charge >= 0.3 is 0 Å². The Kier molecular flexibility index (Phi) is 4.32. The highest BCUT2D eigenvalue weighted by atomic mass is 35.5. The van der Waals surface area contributed by atoms with Crippen LogP contribution in [0.1, 0.15) is 5.56 Å². The number of benzene rings is 2. The fourth-order valence-electron chi connectivity index (χ4n) is 1.65. The van der Waals surface area contributed by atoms with Crippen LogP contribution in [0.15, 0.2) is 35.2 Å². The summed E-state index contributed by atoms with van der Waals surface area (Å²) in [5.41, 5.74) is 0.507. The zero-order chi connectivity index (χ0) is 15.8. The van der Waals surface area contributed by atoms with Gasteiger partial charge in [-0.2, -0.15) is 0 Å². The maximum atomic E-state index is 13.6. The van der Waals surface area contributed by atoms with Gasteiger partial charge in [-0.25, -0.2) is 12.8 Å². The predicted octanol–water partition coefficient (Wildman–Crippen LogP) is 3.95. The molecule has 0 saturated carbocycles. The number of hydrogen-bond donors (Lipinski definition) is 2. The second kappa shape index (κ2) is 5.71. The Balaban J connectivity index is 2.49. The summed E-state index contributed by atoms with van der Waals surface area (Å²) in [6, 6.07) is 6.57. The Bertz CT molecular complexity index is 809. The molecule has 0 aliphatic rings. The number of halogens is 3. The highest BCUT2D eigenvalue weighted by molar-refractivity contribution is 7.92. The molecule has 2 rings (SSSR count). The first-order valence-corrected chi connectivity index (χ1v) is 7.93. The second-order valence-electron chi connectivity index (χ2n) is 4.23. The van der Waals surface area contributed by atoms with Gasteiger partial charge in [0.2, 0.25) is 0 Å². The Morgan fingerprint density at radius 1 is 1.19 bits per heavy atom. The number of phenolic OH excluding ortho intramolecular Hbond substituents is 1. The van der Waals surface area contributed by atoms with Crippen molar-refractivity contribution in [2.45, 2.75) is 11.8 Å². The van der Waals surface area contributed by atoms with E-state index in [1.165, 1.54) is 25.1 Å². The number of phenols is 1. The fraction of sp³-hybridized carbons (Fsp3) is 0.0769. The van der Waals surface area contributed by atoms with Gasteiger partial charge in [-0.1, -0.05) is 29.3 Å². The molecule has 0 unspecified atom stereocenters. The minimum absolute atomic E-state index is 0.0661. The monoisotopic (exact) mass is 349 g/mol. The molecule has 0 saturated heterocycles. The van der Waals surface area contributed by atoms with E-state index in [-0.39, 0.29) is 16.5 Å². The SMILES string of the molecule is Cc1c(O)cccc1NS(=O)(=O)c1ccc(Cl)c(F)c1Cl. The molecule has 0 spiro atoms. The number of nitrogens with one attached hydrogen (secondary N) is 1. The highest BCUT2D eigenvalue weighted by Crippen LogP contribution is 2.32. The first-order chi connectivity index (χ1) is 9.74. The van der Waals surface area contributed by atoms with Crippen LogP contribution in [0.3, 0.4) is 0 Å². The van der Waals surface area contributed by atoms with Crippen molar-refractivity contribution in [1.82, 2.24) is 0 Å². The molecule has 2 N–H and O–H groups in total. The lowest BCUT2D eigenvalue weighted by atomic mass is 10.2. The van der Waals surface area contributed by atoms with E-state index in [1.54, 1.807) is 0 Å². The van der Waals surface area contributed by atoms with Crippen LogP contribution in [0.2, 0.25) is 10.0 Å². The molecule has 8 heteroatoms. The van der Waals surface area contributed by atoms with Crippen LogP contribution in [0.4, 0.5) is 10.1 Å². The number of anilines is 1. The number of hydrogen-bond acceptors (Lipinski definition) is 3. The third-order valence-corrected chi connectivity index (χ3v) is 5.02. The van der Waals surface area contributed by atoms with Gasteiger partial charge in [0, 0.05) is 5.56 Å². The maximum Gasteiger partial charge on any atom is 0.263 e. The van der Waals surface area contributed by atoms with Crippen LogP contribution >= 0.6 is 23.2 Å².